The van der Waals surface area contributed by atoms with E-state index in [0.29, 0.717) is 21.9 Å². The minimum absolute atomic E-state index is 0.278. The molecule has 0 N–H and O–H groups in total. The van der Waals surface area contributed by atoms with E-state index in [1.54, 1.807) is 12.3 Å². The van der Waals surface area contributed by atoms with Crippen LogP contribution < -0.4 is 0 Å². The fraction of sp³-hybridized carbons (Fsp3) is 0.296. The van der Waals surface area contributed by atoms with E-state index in [4.69, 9.17) is 28.2 Å². The van der Waals surface area contributed by atoms with E-state index in [1.807, 2.05) is 18.2 Å². The number of halogens is 2. The zero-order valence-corrected chi connectivity index (χ0v) is 20.1. The molecule has 4 aromatic rings. The van der Waals surface area contributed by atoms with Crippen molar-refractivity contribution in [1.29, 1.82) is 0 Å². The van der Waals surface area contributed by atoms with Gasteiger partial charge in [0.1, 0.15) is 5.82 Å². The van der Waals surface area contributed by atoms with Gasteiger partial charge in [-0.2, -0.15) is 0 Å². The molecule has 2 aromatic carbocycles. The monoisotopic (exact) mass is 490 g/mol. The number of carbonyl (C=O) groups excluding carboxylic acids is 1. The number of imidazole rings is 1. The number of hydrogen-bond donors (Lipinski definition) is 0. The summed E-state index contributed by atoms with van der Waals surface area (Å²) in [6, 6.07) is 17.9. The molecule has 0 unspecified atom stereocenters. The molecule has 34 heavy (non-hydrogen) atoms. The van der Waals surface area contributed by atoms with Gasteiger partial charge in [0.15, 0.2) is 5.65 Å². The Morgan fingerprint density at radius 3 is 2.56 bits per heavy atom. The molecule has 3 heterocycles. The number of hydrogen-bond acceptors (Lipinski definition) is 3. The van der Waals surface area contributed by atoms with Crippen molar-refractivity contribution in [3.63, 3.8) is 0 Å². The normalized spacial score (nSPS) is 18.1. The first kappa shape index (κ1) is 21.6. The molecule has 5 nitrogen and oxygen atoms in total. The first-order chi connectivity index (χ1) is 16.6. The van der Waals surface area contributed by atoms with Crippen LogP contribution >= 0.6 is 23.2 Å². The summed E-state index contributed by atoms with van der Waals surface area (Å²) in [5.74, 6) is 1.93. The maximum Gasteiger partial charge on any atom is 0.225 e. The minimum Gasteiger partial charge on any atom is -0.342 e. The molecule has 6 rings (SSSR count). The zero-order valence-electron chi connectivity index (χ0n) is 18.6. The number of likely N-dealkylation sites (tertiary alicyclic amines) is 1. The van der Waals surface area contributed by atoms with E-state index < -0.39 is 0 Å². The molecule has 2 aromatic heterocycles. The van der Waals surface area contributed by atoms with Gasteiger partial charge < -0.3 is 9.47 Å². The topological polar surface area (TPSA) is 51.0 Å². The van der Waals surface area contributed by atoms with Crippen LogP contribution in [0.1, 0.15) is 19.3 Å². The third-order valence-corrected chi connectivity index (χ3v) is 7.42. The molecule has 1 atom stereocenters. The number of rotatable bonds is 5. The number of fused-ring (bicyclic) bond motifs is 1. The lowest BCUT2D eigenvalue weighted by Gasteiger charge is -2.17. The fourth-order valence-electron chi connectivity index (χ4n) is 4.92. The standard InChI is InChI=1S/C27H24Cl2N4O/c28-21-9-10-22(23(29)14-21)18-3-5-19(6-4-18)26-31-25-24(2-1-12-30-25)33(26)16-17-11-13-32(15-17)27(34)20-7-8-20/h1-6,9-10,12,14,17,20H,7-8,11,13,15-16H2/t17-/m1/s1. The van der Waals surface area contributed by atoms with Crippen LogP contribution in [0, 0.1) is 11.8 Å². The smallest absolute Gasteiger partial charge is 0.225 e. The number of nitrogens with zero attached hydrogens (tertiary/aromatic N) is 4. The Bertz CT molecular complexity index is 1380. The van der Waals surface area contributed by atoms with E-state index in [2.05, 4.69) is 44.8 Å². The van der Waals surface area contributed by atoms with E-state index in [-0.39, 0.29) is 5.92 Å². The lowest BCUT2D eigenvalue weighted by atomic mass is 10.0. The van der Waals surface area contributed by atoms with Crippen molar-refractivity contribution in [3.05, 3.63) is 70.8 Å². The van der Waals surface area contributed by atoms with Crippen molar-refractivity contribution in [1.82, 2.24) is 19.4 Å². The van der Waals surface area contributed by atoms with Crippen LogP contribution in [0.2, 0.25) is 10.0 Å². The van der Waals surface area contributed by atoms with Crippen LogP contribution in [-0.4, -0.2) is 38.4 Å². The Hall–Kier alpha value is -2.89. The average Bonchev–Trinajstić information content (AvgIpc) is 3.49. The van der Waals surface area contributed by atoms with Crippen molar-refractivity contribution in [2.45, 2.75) is 25.8 Å². The molecule has 1 saturated carbocycles. The Labute approximate surface area is 208 Å². The van der Waals surface area contributed by atoms with E-state index in [0.717, 1.165) is 72.6 Å². The first-order valence-electron chi connectivity index (χ1n) is 11.7. The summed E-state index contributed by atoms with van der Waals surface area (Å²) in [4.78, 5) is 24.0. The van der Waals surface area contributed by atoms with Gasteiger partial charge >= 0.3 is 0 Å². The van der Waals surface area contributed by atoms with Crippen LogP contribution in [0.25, 0.3) is 33.7 Å². The number of carbonyl (C=O) groups is 1. The molecule has 1 aliphatic heterocycles. The van der Waals surface area contributed by atoms with Gasteiger partial charge in [-0.25, -0.2) is 9.97 Å². The Balaban J connectivity index is 1.31. The van der Waals surface area contributed by atoms with E-state index >= 15 is 0 Å². The average molecular weight is 491 g/mol. The maximum atomic E-state index is 12.5. The fourth-order valence-corrected chi connectivity index (χ4v) is 5.43. The molecular weight excluding hydrogens is 467 g/mol. The molecule has 7 heteroatoms. The molecule has 1 aliphatic carbocycles. The lowest BCUT2D eigenvalue weighted by molar-refractivity contribution is -0.131. The highest BCUT2D eigenvalue weighted by Crippen LogP contribution is 2.35. The minimum atomic E-state index is 0.278. The van der Waals surface area contributed by atoms with Crippen LogP contribution in [0.15, 0.2) is 60.8 Å². The predicted molar refractivity (Wildman–Crippen MR) is 136 cm³/mol. The highest BCUT2D eigenvalue weighted by Gasteiger charge is 2.36. The van der Waals surface area contributed by atoms with E-state index in [9.17, 15) is 4.79 Å². The highest BCUT2D eigenvalue weighted by molar-refractivity contribution is 6.36. The predicted octanol–water partition coefficient (Wildman–Crippen LogP) is 6.33. The van der Waals surface area contributed by atoms with Gasteiger partial charge in [0.05, 0.1) is 5.52 Å². The highest BCUT2D eigenvalue weighted by atomic mass is 35.5. The third-order valence-electron chi connectivity index (χ3n) is 6.87. The number of pyridine rings is 1. The number of amides is 1. The summed E-state index contributed by atoms with van der Waals surface area (Å²) >= 11 is 12.5. The summed E-state index contributed by atoms with van der Waals surface area (Å²) in [5.41, 5.74) is 4.76. The largest absolute Gasteiger partial charge is 0.342 e. The molecular formula is C27H24Cl2N4O. The summed E-state index contributed by atoms with van der Waals surface area (Å²) in [7, 11) is 0. The van der Waals surface area contributed by atoms with Crippen molar-refractivity contribution in [2.24, 2.45) is 11.8 Å². The van der Waals surface area contributed by atoms with Crippen molar-refractivity contribution < 1.29 is 4.79 Å². The van der Waals surface area contributed by atoms with Gasteiger partial charge in [-0.15, -0.1) is 0 Å². The molecule has 2 fully saturated rings. The molecule has 172 valence electrons. The van der Waals surface area contributed by atoms with Crippen molar-refractivity contribution in [2.75, 3.05) is 13.1 Å². The van der Waals surface area contributed by atoms with Crippen molar-refractivity contribution >= 4 is 40.3 Å². The Morgan fingerprint density at radius 2 is 1.79 bits per heavy atom. The van der Waals surface area contributed by atoms with E-state index in [1.165, 1.54) is 0 Å². The summed E-state index contributed by atoms with van der Waals surface area (Å²) in [6.45, 7) is 2.50. The second kappa shape index (κ2) is 8.71. The molecule has 2 aliphatic rings. The van der Waals surface area contributed by atoms with Gasteiger partial charge in [-0.1, -0.05) is 53.5 Å². The summed E-state index contributed by atoms with van der Waals surface area (Å²) in [5, 5.41) is 1.25. The number of aromatic nitrogens is 3. The van der Waals surface area contributed by atoms with Gasteiger partial charge in [0, 0.05) is 52.9 Å². The quantitative estimate of drug-likeness (QED) is 0.328. The third kappa shape index (κ3) is 4.08. The van der Waals surface area contributed by atoms with Gasteiger partial charge in [0.25, 0.3) is 0 Å². The second-order valence-electron chi connectivity index (χ2n) is 9.31. The molecule has 0 spiro atoms. The van der Waals surface area contributed by atoms with Crippen LogP contribution in [-0.2, 0) is 11.3 Å². The molecule has 0 radical (unpaired) electrons. The molecule has 1 saturated heterocycles. The molecule has 1 amide bonds. The summed E-state index contributed by atoms with van der Waals surface area (Å²) in [6.07, 6.45) is 4.91. The van der Waals surface area contributed by atoms with Crippen LogP contribution in [0.4, 0.5) is 0 Å². The SMILES string of the molecule is O=C(C1CC1)N1CC[C@@H](Cn2c(-c3ccc(-c4ccc(Cl)cc4Cl)cc3)nc3ncccc32)C1. The Kier molecular flexibility index (Phi) is 5.54. The second-order valence-corrected chi connectivity index (χ2v) is 10.2. The van der Waals surface area contributed by atoms with Gasteiger partial charge in [-0.05, 0) is 55.0 Å². The lowest BCUT2D eigenvalue weighted by Crippen LogP contribution is -2.30. The maximum absolute atomic E-state index is 12.5. The van der Waals surface area contributed by atoms with Gasteiger partial charge in [-0.3, -0.25) is 4.79 Å². The van der Waals surface area contributed by atoms with Crippen LogP contribution in [0.5, 0.6) is 0 Å². The Morgan fingerprint density at radius 1 is 1.00 bits per heavy atom. The van der Waals surface area contributed by atoms with Gasteiger partial charge in [0.2, 0.25) is 5.91 Å². The zero-order chi connectivity index (χ0) is 23.2. The van der Waals surface area contributed by atoms with Crippen LogP contribution in [0.3, 0.4) is 0 Å². The van der Waals surface area contributed by atoms with Crippen molar-refractivity contribution in [3.8, 4) is 22.5 Å². The molecule has 0 bridgehead atoms. The number of benzene rings is 2. The first-order valence-corrected chi connectivity index (χ1v) is 12.5. The summed E-state index contributed by atoms with van der Waals surface area (Å²) < 4.78 is 2.27.